The Hall–Kier alpha value is -3.32. The van der Waals surface area contributed by atoms with Gasteiger partial charge in [0.2, 0.25) is 0 Å². The van der Waals surface area contributed by atoms with Crippen LogP contribution < -0.4 is 4.90 Å². The number of ether oxygens (including phenoxy) is 1. The highest BCUT2D eigenvalue weighted by molar-refractivity contribution is 5.94. The van der Waals surface area contributed by atoms with Gasteiger partial charge >= 0.3 is 0 Å². The van der Waals surface area contributed by atoms with Gasteiger partial charge in [-0.15, -0.1) is 0 Å². The Morgan fingerprint density at radius 2 is 1.68 bits per heavy atom. The average molecular weight is 418 g/mol. The van der Waals surface area contributed by atoms with Crippen molar-refractivity contribution < 1.29 is 13.9 Å². The van der Waals surface area contributed by atoms with Crippen LogP contribution in [-0.2, 0) is 17.7 Å². The van der Waals surface area contributed by atoms with Gasteiger partial charge in [0.25, 0.3) is 5.91 Å². The zero-order valence-electron chi connectivity index (χ0n) is 17.1. The van der Waals surface area contributed by atoms with Crippen LogP contribution in [0, 0.1) is 5.82 Å². The molecule has 158 valence electrons. The first kappa shape index (κ1) is 19.6. The number of hydrogen-bond donors (Lipinski definition) is 0. The Morgan fingerprint density at radius 1 is 0.935 bits per heavy atom. The molecule has 0 aliphatic carbocycles. The summed E-state index contributed by atoms with van der Waals surface area (Å²) in [5.41, 5.74) is 3.44. The second kappa shape index (κ2) is 8.43. The van der Waals surface area contributed by atoms with E-state index in [2.05, 4.69) is 4.90 Å². The second-order valence-electron chi connectivity index (χ2n) is 7.75. The molecule has 31 heavy (non-hydrogen) atoms. The molecule has 0 saturated carbocycles. The fraction of sp³-hybridized carbons (Fsp3) is 0.292. The number of carbonyl (C=O) groups excluding carboxylic acids is 1. The highest BCUT2D eigenvalue weighted by Crippen LogP contribution is 2.30. The molecule has 0 N–H and O–H groups in total. The maximum Gasteiger partial charge on any atom is 0.254 e. The van der Waals surface area contributed by atoms with Gasteiger partial charge in [-0.25, -0.2) is 14.4 Å². The Labute approximate surface area is 180 Å². The molecular weight excluding hydrogens is 395 g/mol. The van der Waals surface area contributed by atoms with Crippen molar-refractivity contribution in [3.05, 3.63) is 77.2 Å². The number of hydrogen-bond acceptors (Lipinski definition) is 5. The first-order valence-corrected chi connectivity index (χ1v) is 10.5. The van der Waals surface area contributed by atoms with E-state index >= 15 is 0 Å². The fourth-order valence-corrected chi connectivity index (χ4v) is 4.10. The lowest BCUT2D eigenvalue weighted by Gasteiger charge is -2.34. The summed E-state index contributed by atoms with van der Waals surface area (Å²) in [5.74, 6) is 1.13. The minimum absolute atomic E-state index is 0.106. The molecule has 0 unspecified atom stereocenters. The van der Waals surface area contributed by atoms with Crippen molar-refractivity contribution in [1.29, 1.82) is 0 Å². The van der Waals surface area contributed by atoms with Crippen molar-refractivity contribution in [1.82, 2.24) is 14.9 Å². The predicted molar refractivity (Wildman–Crippen MR) is 115 cm³/mol. The third-order valence-electron chi connectivity index (χ3n) is 5.76. The monoisotopic (exact) mass is 418 g/mol. The SMILES string of the molecule is O=C(c1ccc(F)cc1)N1CCc2nc(-c3ccccc3)nc(N3CCOCC3)c2C1. The van der Waals surface area contributed by atoms with E-state index in [1.807, 2.05) is 30.3 Å². The molecule has 2 aliphatic rings. The van der Waals surface area contributed by atoms with Crippen LogP contribution in [0.4, 0.5) is 10.2 Å². The lowest BCUT2D eigenvalue weighted by molar-refractivity contribution is 0.0733. The van der Waals surface area contributed by atoms with Crippen molar-refractivity contribution in [2.45, 2.75) is 13.0 Å². The van der Waals surface area contributed by atoms with Crippen molar-refractivity contribution in [2.75, 3.05) is 37.7 Å². The number of nitrogens with zero attached hydrogens (tertiary/aromatic N) is 4. The van der Waals surface area contributed by atoms with E-state index in [9.17, 15) is 9.18 Å². The first-order valence-electron chi connectivity index (χ1n) is 10.5. The lowest BCUT2D eigenvalue weighted by Crippen LogP contribution is -2.41. The molecule has 0 radical (unpaired) electrons. The smallest absolute Gasteiger partial charge is 0.254 e. The molecule has 3 heterocycles. The summed E-state index contributed by atoms with van der Waals surface area (Å²) < 4.78 is 18.8. The molecular formula is C24H23FN4O2. The topological polar surface area (TPSA) is 58.6 Å². The van der Waals surface area contributed by atoms with Crippen LogP contribution >= 0.6 is 0 Å². The van der Waals surface area contributed by atoms with Gasteiger partial charge in [-0.3, -0.25) is 4.79 Å². The van der Waals surface area contributed by atoms with E-state index in [1.165, 1.54) is 24.3 Å². The van der Waals surface area contributed by atoms with Gasteiger partial charge in [-0.05, 0) is 24.3 Å². The van der Waals surface area contributed by atoms with Gasteiger partial charge in [0.15, 0.2) is 5.82 Å². The Morgan fingerprint density at radius 3 is 2.42 bits per heavy atom. The van der Waals surface area contributed by atoms with Crippen LogP contribution in [0.3, 0.4) is 0 Å². The lowest BCUT2D eigenvalue weighted by atomic mass is 10.0. The fourth-order valence-electron chi connectivity index (χ4n) is 4.10. The molecule has 5 rings (SSSR count). The molecule has 2 aromatic carbocycles. The maximum absolute atomic E-state index is 13.3. The third-order valence-corrected chi connectivity index (χ3v) is 5.76. The summed E-state index contributed by atoms with van der Waals surface area (Å²) in [7, 11) is 0. The summed E-state index contributed by atoms with van der Waals surface area (Å²) in [4.78, 5) is 26.8. The van der Waals surface area contributed by atoms with E-state index in [0.29, 0.717) is 44.1 Å². The van der Waals surface area contributed by atoms with E-state index in [1.54, 1.807) is 4.90 Å². The molecule has 0 bridgehead atoms. The van der Waals surface area contributed by atoms with E-state index in [-0.39, 0.29) is 11.7 Å². The number of anilines is 1. The highest BCUT2D eigenvalue weighted by atomic mass is 19.1. The van der Waals surface area contributed by atoms with Crippen LogP contribution in [0.25, 0.3) is 11.4 Å². The molecule has 1 fully saturated rings. The standard InChI is InChI=1S/C24H23FN4O2/c25-19-8-6-18(7-9-19)24(30)29-11-10-21-20(16-29)23(28-12-14-31-15-13-28)27-22(26-21)17-4-2-1-3-5-17/h1-9H,10-16H2. The highest BCUT2D eigenvalue weighted by Gasteiger charge is 2.29. The van der Waals surface area contributed by atoms with Crippen LogP contribution in [0.5, 0.6) is 0 Å². The Kier molecular flexibility index (Phi) is 5.34. The van der Waals surface area contributed by atoms with Gasteiger partial charge < -0.3 is 14.5 Å². The summed E-state index contributed by atoms with van der Waals surface area (Å²) in [6.07, 6.45) is 0.655. The Balaban J connectivity index is 1.51. The predicted octanol–water partition coefficient (Wildman–Crippen LogP) is 3.32. The van der Waals surface area contributed by atoms with Crippen LogP contribution in [0.2, 0.25) is 0 Å². The molecule has 2 aliphatic heterocycles. The summed E-state index contributed by atoms with van der Waals surface area (Å²) in [6, 6.07) is 15.7. The molecule has 0 atom stereocenters. The summed E-state index contributed by atoms with van der Waals surface area (Å²) >= 11 is 0. The molecule has 7 heteroatoms. The molecule has 1 saturated heterocycles. The Bertz CT molecular complexity index is 1080. The summed E-state index contributed by atoms with van der Waals surface area (Å²) in [5, 5.41) is 0. The van der Waals surface area contributed by atoms with Crippen molar-refractivity contribution in [3.8, 4) is 11.4 Å². The number of carbonyl (C=O) groups is 1. The van der Waals surface area contributed by atoms with Gasteiger partial charge in [0.1, 0.15) is 11.6 Å². The number of fused-ring (bicyclic) bond motifs is 1. The molecule has 3 aromatic rings. The molecule has 6 nitrogen and oxygen atoms in total. The maximum atomic E-state index is 13.3. The van der Waals surface area contributed by atoms with Gasteiger partial charge in [-0.2, -0.15) is 0 Å². The molecule has 1 aromatic heterocycles. The number of halogens is 1. The first-order chi connectivity index (χ1) is 15.2. The number of benzene rings is 2. The van der Waals surface area contributed by atoms with E-state index < -0.39 is 0 Å². The van der Waals surface area contributed by atoms with Crippen molar-refractivity contribution in [3.63, 3.8) is 0 Å². The quantitative estimate of drug-likeness (QED) is 0.653. The second-order valence-corrected chi connectivity index (χ2v) is 7.75. The number of amides is 1. The van der Waals surface area contributed by atoms with Crippen LogP contribution in [0.1, 0.15) is 21.6 Å². The minimum atomic E-state index is -0.350. The van der Waals surface area contributed by atoms with Gasteiger partial charge in [0.05, 0.1) is 25.5 Å². The summed E-state index contributed by atoms with van der Waals surface area (Å²) in [6.45, 7) is 3.81. The van der Waals surface area contributed by atoms with Gasteiger partial charge in [-0.1, -0.05) is 30.3 Å². The number of aromatic nitrogens is 2. The number of morpholine rings is 1. The van der Waals surface area contributed by atoms with Crippen LogP contribution in [0.15, 0.2) is 54.6 Å². The van der Waals surface area contributed by atoms with E-state index in [0.717, 1.165) is 35.7 Å². The van der Waals surface area contributed by atoms with Crippen molar-refractivity contribution >= 4 is 11.7 Å². The van der Waals surface area contributed by atoms with Crippen LogP contribution in [-0.4, -0.2) is 53.6 Å². The average Bonchev–Trinajstić information content (AvgIpc) is 2.84. The zero-order valence-corrected chi connectivity index (χ0v) is 17.1. The van der Waals surface area contributed by atoms with E-state index in [4.69, 9.17) is 14.7 Å². The minimum Gasteiger partial charge on any atom is -0.378 e. The molecule has 1 amide bonds. The normalized spacial score (nSPS) is 16.2. The number of rotatable bonds is 3. The van der Waals surface area contributed by atoms with Crippen molar-refractivity contribution in [2.24, 2.45) is 0 Å². The van der Waals surface area contributed by atoms with Gasteiger partial charge in [0, 0.05) is 42.7 Å². The zero-order chi connectivity index (χ0) is 21.2. The molecule has 0 spiro atoms. The third kappa shape index (κ3) is 4.01. The largest absolute Gasteiger partial charge is 0.378 e.